The van der Waals surface area contributed by atoms with Crippen LogP contribution in [-0.4, -0.2) is 102 Å². The number of hydrogen-bond acceptors (Lipinski definition) is 8. The lowest BCUT2D eigenvalue weighted by atomic mass is 9.95. The summed E-state index contributed by atoms with van der Waals surface area (Å²) in [5, 5.41) is 29.2. The maximum Gasteiger partial charge on any atom is 0.409 e. The molecule has 0 spiro atoms. The number of anilines is 1. The Balaban J connectivity index is 1.13. The van der Waals surface area contributed by atoms with Gasteiger partial charge in [0.2, 0.25) is 0 Å². The molecule has 14 nitrogen and oxygen atoms in total. The van der Waals surface area contributed by atoms with E-state index in [4.69, 9.17) is 4.74 Å². The normalized spacial score (nSPS) is 13.5. The number of hydrogen-bond donors (Lipinski definition) is 7. The van der Waals surface area contributed by atoms with E-state index >= 15 is 0 Å². The third-order valence-corrected chi connectivity index (χ3v) is 9.90. The number of amides is 5. The molecule has 0 fully saturated rings. The van der Waals surface area contributed by atoms with Crippen molar-refractivity contribution in [3.05, 3.63) is 111 Å². The van der Waals surface area contributed by atoms with Crippen LogP contribution in [0.25, 0.3) is 22.8 Å². The molecule has 0 atom stereocenters. The number of nitrogens with zero attached hydrogens (tertiary/aromatic N) is 1. The molecular formula is C41H43FN6O8. The van der Waals surface area contributed by atoms with Crippen molar-refractivity contribution < 1.29 is 43.3 Å². The highest BCUT2D eigenvalue weighted by Gasteiger charge is 2.32. The quantitative estimate of drug-likeness (QED) is 0.0942. The van der Waals surface area contributed by atoms with Crippen LogP contribution in [0.4, 0.5) is 14.9 Å². The molecular weight excluding hydrogens is 723 g/mol. The molecule has 56 heavy (non-hydrogen) atoms. The van der Waals surface area contributed by atoms with Crippen LogP contribution >= 0.6 is 0 Å². The number of aromatic amines is 1. The fourth-order valence-corrected chi connectivity index (χ4v) is 7.09. The first-order chi connectivity index (χ1) is 26.9. The number of benzene rings is 3. The van der Waals surface area contributed by atoms with Gasteiger partial charge in [-0.15, -0.1) is 0 Å². The predicted molar refractivity (Wildman–Crippen MR) is 207 cm³/mol. The Morgan fingerprint density at radius 3 is 2.04 bits per heavy atom. The zero-order valence-electron chi connectivity index (χ0n) is 31.2. The lowest BCUT2D eigenvalue weighted by molar-refractivity contribution is -0.110. The number of fused-ring (bicyclic) bond motifs is 4. The van der Waals surface area contributed by atoms with E-state index in [9.17, 15) is 38.6 Å². The number of aliphatic hydroxyl groups is 2. The van der Waals surface area contributed by atoms with Gasteiger partial charge in [-0.25, -0.2) is 9.18 Å². The minimum absolute atomic E-state index is 0.0826. The molecule has 3 aromatic carbocycles. The van der Waals surface area contributed by atoms with Gasteiger partial charge in [0.25, 0.3) is 23.6 Å². The molecule has 5 amide bonds. The van der Waals surface area contributed by atoms with Gasteiger partial charge in [-0.2, -0.15) is 0 Å². The molecule has 4 aromatic rings. The van der Waals surface area contributed by atoms with Crippen molar-refractivity contribution in [3.63, 3.8) is 0 Å². The molecule has 1 aromatic heterocycles. The molecule has 0 saturated carbocycles. The van der Waals surface area contributed by atoms with E-state index in [1.54, 1.807) is 63.2 Å². The third-order valence-electron chi connectivity index (χ3n) is 9.90. The number of likely N-dealkylation sites (N-methyl/N-ethyl adjacent to an activating group) is 1. The summed E-state index contributed by atoms with van der Waals surface area (Å²) in [6.45, 7) is 5.39. The Bertz CT molecular complexity index is 2180. The summed E-state index contributed by atoms with van der Waals surface area (Å²) in [7, 11) is 0. The maximum atomic E-state index is 14.0. The number of carbonyl (C=O) groups is 5. The van der Waals surface area contributed by atoms with Crippen LogP contribution in [0.15, 0.2) is 54.6 Å². The molecule has 0 radical (unpaired) electrons. The summed E-state index contributed by atoms with van der Waals surface area (Å²) in [6, 6.07) is 14.4. The maximum absolute atomic E-state index is 14.0. The van der Waals surface area contributed by atoms with Gasteiger partial charge in [0.1, 0.15) is 12.4 Å². The molecule has 7 N–H and O–H groups in total. The van der Waals surface area contributed by atoms with Crippen LogP contribution in [-0.2, 0) is 9.53 Å². The van der Waals surface area contributed by atoms with Gasteiger partial charge in [-0.3, -0.25) is 19.2 Å². The van der Waals surface area contributed by atoms with Crippen molar-refractivity contribution in [2.45, 2.75) is 26.7 Å². The van der Waals surface area contributed by atoms with Crippen LogP contribution in [0, 0.1) is 19.7 Å². The number of carbonyl (C=O) groups excluding carboxylic acids is 5. The minimum atomic E-state index is -0.625. The molecule has 15 heteroatoms. The second-order valence-corrected chi connectivity index (χ2v) is 13.4. The second-order valence-electron chi connectivity index (χ2n) is 13.4. The largest absolute Gasteiger partial charge is 0.448 e. The van der Waals surface area contributed by atoms with Crippen molar-refractivity contribution in [2.24, 2.45) is 0 Å². The minimum Gasteiger partial charge on any atom is -0.448 e. The highest BCUT2D eigenvalue weighted by Crippen LogP contribution is 2.46. The van der Waals surface area contributed by atoms with Crippen molar-refractivity contribution in [2.75, 3.05) is 57.9 Å². The van der Waals surface area contributed by atoms with E-state index in [1.807, 2.05) is 0 Å². The zero-order chi connectivity index (χ0) is 40.1. The molecule has 0 bridgehead atoms. The topological polar surface area (TPSA) is 202 Å². The number of nitrogens with one attached hydrogen (secondary N) is 5. The van der Waals surface area contributed by atoms with E-state index in [0.29, 0.717) is 44.9 Å². The Kier molecular flexibility index (Phi) is 12.0. The van der Waals surface area contributed by atoms with Gasteiger partial charge in [0.15, 0.2) is 0 Å². The Hall–Kier alpha value is -6.32. The summed E-state index contributed by atoms with van der Waals surface area (Å²) in [5.41, 5.74) is 7.07. The fraction of sp³-hybridized carbons (Fsp3) is 0.293. The van der Waals surface area contributed by atoms with Gasteiger partial charge in [0, 0.05) is 72.4 Å². The monoisotopic (exact) mass is 766 g/mol. The van der Waals surface area contributed by atoms with E-state index < -0.39 is 17.8 Å². The van der Waals surface area contributed by atoms with Gasteiger partial charge in [0.05, 0.1) is 24.4 Å². The fourth-order valence-electron chi connectivity index (χ4n) is 7.09. The number of aromatic nitrogens is 1. The number of aryl methyl sites for hydroxylation is 1. The van der Waals surface area contributed by atoms with E-state index in [1.165, 1.54) is 23.1 Å². The summed E-state index contributed by atoms with van der Waals surface area (Å²) in [4.78, 5) is 69.7. The van der Waals surface area contributed by atoms with Gasteiger partial charge in [-0.1, -0.05) is 12.1 Å². The SMILES string of the molecule is CCN(CCNC(=O)c1c(C)[nH]c(/C=C2\C(=O)Nc3ccc(F)cc32)c1C)C(=O)OCC1c2cc(C(=O)NCCO)ccc2-c2ccc(C(=O)NCCO)cc21. The molecule has 2 aliphatic rings. The highest BCUT2D eigenvalue weighted by molar-refractivity contribution is 6.35. The van der Waals surface area contributed by atoms with Crippen LogP contribution in [0.3, 0.4) is 0 Å². The number of aliphatic hydroxyl groups excluding tert-OH is 2. The smallest absolute Gasteiger partial charge is 0.409 e. The molecule has 0 unspecified atom stereocenters. The van der Waals surface area contributed by atoms with Crippen molar-refractivity contribution >= 4 is 47.1 Å². The molecule has 1 aliphatic carbocycles. The molecule has 292 valence electrons. The van der Waals surface area contributed by atoms with Crippen LogP contribution in [0.5, 0.6) is 0 Å². The Morgan fingerprint density at radius 2 is 1.45 bits per heavy atom. The Morgan fingerprint density at radius 1 is 0.839 bits per heavy atom. The van der Waals surface area contributed by atoms with Crippen molar-refractivity contribution in [3.8, 4) is 11.1 Å². The highest BCUT2D eigenvalue weighted by atomic mass is 19.1. The average molecular weight is 767 g/mol. The van der Waals surface area contributed by atoms with Gasteiger partial charge < -0.3 is 46.1 Å². The number of rotatable bonds is 14. The second kappa shape index (κ2) is 17.0. The first kappa shape index (κ1) is 39.4. The first-order valence-corrected chi connectivity index (χ1v) is 18.2. The molecule has 1 aliphatic heterocycles. The summed E-state index contributed by atoms with van der Waals surface area (Å²) < 4.78 is 19.8. The van der Waals surface area contributed by atoms with E-state index in [2.05, 4.69) is 26.3 Å². The molecule has 6 rings (SSSR count). The molecule has 2 heterocycles. The Labute approximate surface area is 322 Å². The zero-order valence-corrected chi connectivity index (χ0v) is 31.2. The van der Waals surface area contributed by atoms with Gasteiger partial charge >= 0.3 is 6.09 Å². The van der Waals surface area contributed by atoms with Crippen molar-refractivity contribution in [1.29, 1.82) is 0 Å². The van der Waals surface area contributed by atoms with Gasteiger partial charge in [-0.05, 0) is 97.1 Å². The summed E-state index contributed by atoms with van der Waals surface area (Å²) in [5.74, 6) is -2.52. The lowest BCUT2D eigenvalue weighted by Gasteiger charge is -2.22. The summed E-state index contributed by atoms with van der Waals surface area (Å²) >= 11 is 0. The van der Waals surface area contributed by atoms with Crippen LogP contribution < -0.4 is 21.3 Å². The third kappa shape index (κ3) is 8.04. The standard InChI is InChI=1S/C41H43FN6O8/c1-4-48(14-11-43-40(54)36-22(2)35(46-23(36)3)20-32-31-19-26(42)7-10-34(31)47-39(32)53)41(55)56-21-33-29-17-24(37(51)44-12-15-49)5-8-27(29)28-9-6-25(18-30(28)33)38(52)45-13-16-50/h5-10,17-20,33,46,49-50H,4,11-16,21H2,1-3H3,(H,43,54)(H,44,51)(H,45,52)(H,47,53)/b32-20-. The van der Waals surface area contributed by atoms with Crippen LogP contribution in [0.1, 0.15) is 77.6 Å². The number of H-pyrrole nitrogens is 1. The summed E-state index contributed by atoms with van der Waals surface area (Å²) in [6.07, 6.45) is 0.968. The van der Waals surface area contributed by atoms with E-state index in [-0.39, 0.29) is 81.7 Å². The van der Waals surface area contributed by atoms with Crippen LogP contribution in [0.2, 0.25) is 0 Å². The average Bonchev–Trinajstić information content (AvgIpc) is 3.78. The predicted octanol–water partition coefficient (Wildman–Crippen LogP) is 3.71. The number of halogens is 1. The number of ether oxygens (including phenoxy) is 1. The van der Waals surface area contributed by atoms with E-state index in [0.717, 1.165) is 22.3 Å². The van der Waals surface area contributed by atoms with Crippen molar-refractivity contribution in [1.82, 2.24) is 25.8 Å². The first-order valence-electron chi connectivity index (χ1n) is 18.2. The molecule has 0 saturated heterocycles. The lowest BCUT2D eigenvalue weighted by Crippen LogP contribution is -2.39.